The number of carboxylic acids is 3. The number of hydrogen-bond donors (Lipinski definition) is 17. The van der Waals surface area contributed by atoms with Gasteiger partial charge in [0.25, 0.3) is 20.2 Å². The lowest BCUT2D eigenvalue weighted by Crippen LogP contribution is -2.31. The van der Waals surface area contributed by atoms with Crippen LogP contribution in [0.15, 0.2) is 182 Å². The largest absolute Gasteiger partial charge is 0.495 e. The molecule has 1 aliphatic carbocycles. The number of esters is 1. The fraction of sp³-hybridized carbons (Fsp3) is 0.301. The Morgan fingerprint density at radius 2 is 1.10 bits per heavy atom. The molecule has 0 radical (unpaired) electrons. The van der Waals surface area contributed by atoms with E-state index in [0.29, 0.717) is 35.7 Å². The van der Waals surface area contributed by atoms with Crippen LogP contribution >= 0.6 is 0 Å². The molecule has 1 aromatic heterocycles. The summed E-state index contributed by atoms with van der Waals surface area (Å²) >= 11 is 0. The quantitative estimate of drug-likeness (QED) is 0.00425. The Morgan fingerprint density at radius 1 is 0.553 bits per heavy atom. The number of nitrogens with two attached hydrogens (primary N) is 1. The molecule has 0 fully saturated rings. The van der Waals surface area contributed by atoms with E-state index in [1.807, 2.05) is 6.92 Å². The molecular weight excluding hydrogens is 1560 g/mol. The van der Waals surface area contributed by atoms with Gasteiger partial charge in [0.15, 0.2) is 27.2 Å². The molecule has 18 N–H and O–H groups in total. The number of H-pyrrole nitrogens is 1. The Labute approximate surface area is 648 Å². The van der Waals surface area contributed by atoms with Gasteiger partial charge in [-0.25, -0.2) is 49.5 Å². The molecule has 114 heavy (non-hydrogen) atoms. The summed E-state index contributed by atoms with van der Waals surface area (Å²) in [5, 5.41) is 131. The van der Waals surface area contributed by atoms with E-state index >= 15 is 0 Å². The van der Waals surface area contributed by atoms with Crippen molar-refractivity contribution in [3.63, 3.8) is 0 Å². The minimum absolute atomic E-state index is 0.00207. The maximum atomic E-state index is 13.3. The number of aliphatic hydroxyl groups excluding tert-OH is 8. The third-order valence-electron chi connectivity index (χ3n) is 17.1. The molecule has 41 heteroatoms. The number of hydrogen-bond acceptors (Lipinski definition) is 23. The number of ether oxygens (including phenoxy) is 1. The molecule has 0 saturated carbocycles. The first-order valence-corrected chi connectivity index (χ1v) is 38.8. The molecule has 38 nitrogen and oxygen atoms in total. The number of nitrogen functional groups attached to an aromatic ring is 1. The van der Waals surface area contributed by atoms with Crippen molar-refractivity contribution in [2.75, 3.05) is 25.4 Å². The summed E-state index contributed by atoms with van der Waals surface area (Å²) in [7, 11) is -15.8. The van der Waals surface area contributed by atoms with E-state index < -0.39 is 219 Å². The Kier molecular flexibility index (Phi) is 29.3. The highest BCUT2D eigenvalue weighted by atomic mass is 32.3. The first-order chi connectivity index (χ1) is 53.8. The highest BCUT2D eigenvalue weighted by Gasteiger charge is 2.34. The number of aromatic carboxylic acids is 1. The number of benzene rings is 6. The minimum atomic E-state index is -5.38. The van der Waals surface area contributed by atoms with E-state index in [1.54, 1.807) is 67.7 Å². The van der Waals surface area contributed by atoms with Crippen LogP contribution < -0.4 is 15.3 Å². The fourth-order valence-electron chi connectivity index (χ4n) is 11.7. The average Bonchev–Trinajstić information content (AvgIpc) is 0.897. The number of aromatic amines is 1. The Hall–Kier alpha value is -12.7. The molecule has 5 aromatic carbocycles. The first-order valence-electron chi connectivity index (χ1n) is 34.5. The predicted molar refractivity (Wildman–Crippen MR) is 416 cm³/mol. The van der Waals surface area contributed by atoms with Crippen molar-refractivity contribution < 1.29 is 128 Å². The number of aliphatic hydroxyl groups is 8. The molecule has 8 rings (SSSR count). The molecule has 0 saturated heterocycles. The number of para-hydroxylation sites is 1. The fourth-order valence-corrected chi connectivity index (χ4v) is 13.6. The summed E-state index contributed by atoms with van der Waals surface area (Å²) in [6.07, 6.45) is 0.630. The van der Waals surface area contributed by atoms with Gasteiger partial charge in [0.1, 0.15) is 49.0 Å². The zero-order chi connectivity index (χ0) is 83.5. The first kappa shape index (κ1) is 86.9. The second-order valence-electron chi connectivity index (χ2n) is 25.4. The van der Waals surface area contributed by atoms with Crippen LogP contribution in [0, 0.1) is 5.41 Å². The highest BCUT2D eigenvalue weighted by Crippen LogP contribution is 2.46. The van der Waals surface area contributed by atoms with Crippen molar-refractivity contribution in [2.24, 2.45) is 39.9 Å². The van der Waals surface area contributed by atoms with Crippen molar-refractivity contribution in [3.8, 4) is 28.2 Å². The van der Waals surface area contributed by atoms with E-state index in [1.165, 1.54) is 12.1 Å². The van der Waals surface area contributed by atoms with Gasteiger partial charge >= 0.3 is 34.3 Å². The second kappa shape index (κ2) is 38.5. The van der Waals surface area contributed by atoms with Gasteiger partial charge in [0.05, 0.1) is 36.1 Å². The van der Waals surface area contributed by atoms with Crippen LogP contribution in [0.25, 0.3) is 44.3 Å². The van der Waals surface area contributed by atoms with E-state index in [-0.39, 0.29) is 66.4 Å². The smallest absolute Gasteiger partial charge is 0.446 e. The van der Waals surface area contributed by atoms with Crippen LogP contribution in [0.3, 0.4) is 0 Å². The maximum absolute atomic E-state index is 13.3. The summed E-state index contributed by atoms with van der Waals surface area (Å²) in [5.74, 6) is -14.9. The zero-order valence-electron chi connectivity index (χ0n) is 60.4. The minimum Gasteiger partial charge on any atom is -0.495 e. The molecule has 0 unspecified atom stereocenters. The van der Waals surface area contributed by atoms with Crippen molar-refractivity contribution >= 4 is 129 Å². The van der Waals surface area contributed by atoms with E-state index in [9.17, 15) is 114 Å². The summed E-state index contributed by atoms with van der Waals surface area (Å²) in [6, 6.07) is 17.5. The second-order valence-corrected chi connectivity index (χ2v) is 29.2. The predicted octanol–water partition coefficient (Wildman–Crippen LogP) is 8.93. The van der Waals surface area contributed by atoms with Crippen molar-refractivity contribution in [2.45, 2.75) is 131 Å². The van der Waals surface area contributed by atoms with Crippen LogP contribution in [0.2, 0.25) is 0 Å². The molecule has 0 bridgehead atoms. The van der Waals surface area contributed by atoms with Crippen molar-refractivity contribution in [1.82, 2.24) is 4.98 Å². The number of aromatic nitrogens is 1. The monoisotopic (exact) mass is 1640 g/mol. The van der Waals surface area contributed by atoms with Crippen molar-refractivity contribution in [1.29, 1.82) is 5.41 Å². The average molecular weight is 1640 g/mol. The van der Waals surface area contributed by atoms with Crippen molar-refractivity contribution in [3.05, 3.63) is 161 Å². The van der Waals surface area contributed by atoms with Gasteiger partial charge in [0, 0.05) is 58.4 Å². The summed E-state index contributed by atoms with van der Waals surface area (Å²) in [6.45, 7) is 1.51. The molecule has 1 aliphatic heterocycles. The van der Waals surface area contributed by atoms with Gasteiger partial charge < -0.3 is 80.2 Å². The number of rotatable bonds is 40. The Morgan fingerprint density at radius 3 is 1.70 bits per heavy atom. The summed E-state index contributed by atoms with van der Waals surface area (Å²) < 4.78 is 119. The summed E-state index contributed by atoms with van der Waals surface area (Å²) in [5.41, 5.74) is 4.43. The van der Waals surface area contributed by atoms with Gasteiger partial charge in [-0.3, -0.25) is 28.7 Å². The molecule has 0 spiro atoms. The van der Waals surface area contributed by atoms with Crippen LogP contribution in [-0.2, 0) is 69.0 Å². The molecule has 0 amide bonds. The van der Waals surface area contributed by atoms with Gasteiger partial charge in [-0.2, -0.15) is 25.3 Å². The lowest BCUT2D eigenvalue weighted by atomic mass is 9.89. The van der Waals surface area contributed by atoms with Gasteiger partial charge in [0.2, 0.25) is 47.2 Å². The molecule has 606 valence electrons. The Bertz CT molecular complexity index is 5550. The van der Waals surface area contributed by atoms with Crippen LogP contribution in [0.1, 0.15) is 97.8 Å². The van der Waals surface area contributed by atoms with E-state index in [4.69, 9.17) is 20.3 Å². The number of unbranched alkanes of at least 4 members (excludes halogenated alkanes) is 2. The van der Waals surface area contributed by atoms with Gasteiger partial charge in [-0.15, -0.1) is 0 Å². The zero-order valence-corrected chi connectivity index (χ0v) is 62.9. The lowest BCUT2D eigenvalue weighted by molar-refractivity contribution is -0.149. The standard InChI is InChI=1S/C73H79N11O27S3/c1-3-5-15-51(67(92)78-37-58(86)79-54(32-41-35-76-50-17-11-10-14-43(41)50)70(95)82-52(16-6-4-2)68(93)84-56(34-60(89)90)73(99)109-29-28-38-12-8-7-9-13-38)81-69(94)53(30-39-18-21-42(22-19-39)111-114(106,107)108)83-71(96)55(33-59(87)88)80-57(85)36-77-66(91)40-20-23-44(47(31-40)72(97)98)61-45-24-26-48(74)64(112(100,101)102)62(45)110-63-46(61)25-27-49(75)65(63)113(103,104)105/h7-14,17-27,31,35,51-56,74,76H,3-6,15-16,28-30,32-34,36-37,75H2,1-2H3,(H,77,91)(H,78,92)(H,79,86)(H,80,85)(H,81,94)(H,82,95)(H,83,96)(H,84,93)(H,87,88)(H,89,90)(H,97,98)(H,100,101,102)(H,103,104,105)(H,106,107,108)/t51-,52-,53-,54-,55-,56-/m0/s1. The van der Waals surface area contributed by atoms with Crippen LogP contribution in [0.5, 0.6) is 5.75 Å². The number of aliphatic imine (C=N–C) groups is 8. The molecule has 2 aliphatic rings. The number of carbonyl (C=O) groups excluding carboxylic acids is 1. The maximum Gasteiger partial charge on any atom is 0.446 e. The SMILES string of the molecule is CCCC[C@H](N=C(O)[C@H](Cc1ccc(OS(=O)(=O)O)cc1)N=C(O)[C@H](CC(=O)O)N=C(O)CN=C(O)c1ccc(-c2c3ccc(=N)c(S(=O)(=O)O)c-3oc3c(S(=O)(=O)O)c(N)ccc23)c(C(=O)O)c1)C(O)=NCC(O)=N[C@@H](Cc1c[nH]c2ccccc12)C(O)=N[C@@H](CCCC)C(O)=N[C@@H](CC(=O)O)C(=O)OCCc1ccccc1. The molecule has 6 aromatic rings. The number of nitrogens with one attached hydrogen (secondary N) is 2. The topological polar surface area (TPSA) is 650 Å². The lowest BCUT2D eigenvalue weighted by Gasteiger charge is -2.20. The highest BCUT2D eigenvalue weighted by molar-refractivity contribution is 7.86. The van der Waals surface area contributed by atoms with Gasteiger partial charge in [-0.1, -0.05) is 106 Å². The Balaban J connectivity index is 1.12. The number of carboxylic acid groups (broad SMARTS) is 3. The number of fused-ring (bicyclic) bond motifs is 3. The number of nitrogens with zero attached hydrogens (tertiary/aromatic N) is 8. The number of aliphatic carboxylic acids is 2. The third-order valence-corrected chi connectivity index (χ3v) is 19.3. The molecular formula is C73H79N11O27S3. The molecule has 2 heterocycles. The third kappa shape index (κ3) is 23.7. The van der Waals surface area contributed by atoms with E-state index in [2.05, 4.69) is 49.1 Å². The number of carbonyl (C=O) groups is 4. The van der Waals surface area contributed by atoms with E-state index in [0.717, 1.165) is 60.2 Å². The normalized spacial score (nSPS) is 15.0. The van der Waals surface area contributed by atoms with Crippen LogP contribution in [0.4, 0.5) is 5.69 Å². The van der Waals surface area contributed by atoms with Crippen LogP contribution in [-0.4, -0.2) is 227 Å². The number of anilines is 1. The van der Waals surface area contributed by atoms with Gasteiger partial charge in [-0.05, 0) is 89.7 Å². The summed E-state index contributed by atoms with van der Waals surface area (Å²) in [4.78, 5) is 84.4. The molecule has 6 atom stereocenters.